The third-order valence-electron chi connectivity index (χ3n) is 5.52. The van der Waals surface area contributed by atoms with E-state index in [9.17, 15) is 9.59 Å². The molecule has 0 fully saturated rings. The molecule has 2 N–H and O–H groups in total. The number of amides is 2. The van der Waals surface area contributed by atoms with Crippen LogP contribution in [0, 0.1) is 5.92 Å². The van der Waals surface area contributed by atoms with Gasteiger partial charge >= 0.3 is 0 Å². The number of rotatable bonds is 4. The molecule has 4 rings (SSSR count). The number of imide groups is 1. The molecule has 0 spiro atoms. The number of hydrogen-bond acceptors (Lipinski definition) is 3. The highest BCUT2D eigenvalue weighted by Crippen LogP contribution is 2.31. The van der Waals surface area contributed by atoms with Gasteiger partial charge in [-0.05, 0) is 54.9 Å². The first-order valence-corrected chi connectivity index (χ1v) is 8.92. The second kappa shape index (κ2) is 6.45. The summed E-state index contributed by atoms with van der Waals surface area (Å²) in [7, 11) is 0. The number of aryl methyl sites for hydroxylation is 1. The van der Waals surface area contributed by atoms with Crippen molar-refractivity contribution in [1.29, 1.82) is 0 Å². The van der Waals surface area contributed by atoms with Crippen LogP contribution >= 0.6 is 0 Å². The normalized spacial score (nSPS) is 20.4. The van der Waals surface area contributed by atoms with Gasteiger partial charge in [-0.1, -0.05) is 36.4 Å². The van der Waals surface area contributed by atoms with Gasteiger partial charge in [0.15, 0.2) is 0 Å². The van der Waals surface area contributed by atoms with Gasteiger partial charge in [-0.25, -0.2) is 0 Å². The van der Waals surface area contributed by atoms with Gasteiger partial charge in [0, 0.05) is 6.54 Å². The van der Waals surface area contributed by atoms with Gasteiger partial charge in [0.2, 0.25) is 0 Å². The van der Waals surface area contributed by atoms with Gasteiger partial charge in [0.05, 0.1) is 17.2 Å². The van der Waals surface area contributed by atoms with Gasteiger partial charge in [-0.2, -0.15) is 0 Å². The zero-order valence-corrected chi connectivity index (χ0v) is 14.2. The molecule has 2 aromatic rings. The van der Waals surface area contributed by atoms with Crippen LogP contribution in [0.2, 0.25) is 0 Å². The van der Waals surface area contributed by atoms with Gasteiger partial charge in [0.1, 0.15) is 0 Å². The quantitative estimate of drug-likeness (QED) is 0.875. The lowest BCUT2D eigenvalue weighted by molar-refractivity contribution is 0.0565. The third kappa shape index (κ3) is 2.76. The Hall–Kier alpha value is -2.46. The van der Waals surface area contributed by atoms with Crippen molar-refractivity contribution < 1.29 is 9.59 Å². The Balaban J connectivity index is 1.53. The fourth-order valence-corrected chi connectivity index (χ4v) is 4.21. The van der Waals surface area contributed by atoms with Crippen LogP contribution in [0.25, 0.3) is 0 Å². The number of benzene rings is 2. The first kappa shape index (κ1) is 16.0. The van der Waals surface area contributed by atoms with Crippen LogP contribution in [0.15, 0.2) is 48.5 Å². The van der Waals surface area contributed by atoms with Crippen molar-refractivity contribution in [2.75, 3.05) is 6.54 Å². The van der Waals surface area contributed by atoms with Gasteiger partial charge in [-0.15, -0.1) is 0 Å². The number of carbonyl (C=O) groups excluding carboxylic acids is 2. The first-order valence-electron chi connectivity index (χ1n) is 8.92. The molecule has 0 radical (unpaired) electrons. The van der Waals surface area contributed by atoms with Crippen LogP contribution in [0.5, 0.6) is 0 Å². The lowest BCUT2D eigenvalue weighted by atomic mass is 9.80. The van der Waals surface area contributed by atoms with Crippen molar-refractivity contribution in [2.45, 2.75) is 31.7 Å². The third-order valence-corrected chi connectivity index (χ3v) is 5.52. The fraction of sp³-hybridized carbons (Fsp3) is 0.333. The van der Waals surface area contributed by atoms with E-state index in [2.05, 4.69) is 24.3 Å². The minimum atomic E-state index is -0.234. The minimum absolute atomic E-state index is 0.202. The molecule has 0 aromatic heterocycles. The number of hydrogen-bond donors (Lipinski definition) is 1. The molecule has 0 bridgehead atoms. The smallest absolute Gasteiger partial charge is 0.261 e. The predicted octanol–water partition coefficient (Wildman–Crippen LogP) is 2.81. The first-order chi connectivity index (χ1) is 12.2. The van der Waals surface area contributed by atoms with Crippen LogP contribution in [-0.4, -0.2) is 29.3 Å². The van der Waals surface area contributed by atoms with Crippen LogP contribution in [0.1, 0.15) is 44.7 Å². The van der Waals surface area contributed by atoms with Gasteiger partial charge < -0.3 is 5.73 Å². The molecule has 1 aliphatic carbocycles. The fourth-order valence-electron chi connectivity index (χ4n) is 4.21. The van der Waals surface area contributed by atoms with Gasteiger partial charge in [-0.3, -0.25) is 14.5 Å². The maximum atomic E-state index is 12.7. The summed E-state index contributed by atoms with van der Waals surface area (Å²) in [6, 6.07) is 15.3. The summed E-state index contributed by atoms with van der Waals surface area (Å²) in [4.78, 5) is 26.8. The topological polar surface area (TPSA) is 63.4 Å². The van der Waals surface area contributed by atoms with E-state index >= 15 is 0 Å². The Bertz CT molecular complexity index is 795. The van der Waals surface area contributed by atoms with E-state index in [0.717, 1.165) is 25.7 Å². The van der Waals surface area contributed by atoms with E-state index in [0.29, 0.717) is 23.6 Å². The zero-order valence-electron chi connectivity index (χ0n) is 14.2. The molecule has 2 amide bonds. The molecule has 4 nitrogen and oxygen atoms in total. The largest absolute Gasteiger partial charge is 0.328 e. The molecule has 0 saturated heterocycles. The van der Waals surface area contributed by atoms with Crippen molar-refractivity contribution in [3.63, 3.8) is 0 Å². The molecule has 1 heterocycles. The number of nitrogens with two attached hydrogens (primary N) is 1. The lowest BCUT2D eigenvalue weighted by Gasteiger charge is -2.31. The molecule has 2 aliphatic rings. The van der Waals surface area contributed by atoms with E-state index in [-0.39, 0.29) is 17.9 Å². The molecule has 128 valence electrons. The summed E-state index contributed by atoms with van der Waals surface area (Å²) < 4.78 is 0. The van der Waals surface area contributed by atoms with Crippen LogP contribution in [0.3, 0.4) is 0 Å². The van der Waals surface area contributed by atoms with Crippen molar-refractivity contribution >= 4 is 11.8 Å². The summed E-state index contributed by atoms with van der Waals surface area (Å²) in [6.45, 7) is 0.309. The second-order valence-electron chi connectivity index (χ2n) is 7.03. The minimum Gasteiger partial charge on any atom is -0.328 e. The molecule has 1 aliphatic heterocycles. The Morgan fingerprint density at radius 2 is 1.56 bits per heavy atom. The van der Waals surface area contributed by atoms with Crippen LogP contribution < -0.4 is 5.73 Å². The molecular weight excluding hydrogens is 312 g/mol. The van der Waals surface area contributed by atoms with Crippen LogP contribution in [0.4, 0.5) is 0 Å². The molecule has 2 unspecified atom stereocenters. The number of fused-ring (bicyclic) bond motifs is 2. The average molecular weight is 334 g/mol. The summed E-state index contributed by atoms with van der Waals surface area (Å²) >= 11 is 0. The summed E-state index contributed by atoms with van der Waals surface area (Å²) in [5, 5.41) is 0. The molecule has 0 saturated carbocycles. The van der Waals surface area contributed by atoms with E-state index in [1.165, 1.54) is 16.0 Å². The second-order valence-corrected chi connectivity index (χ2v) is 7.03. The number of nitrogens with zero attached hydrogens (tertiary/aromatic N) is 1. The van der Waals surface area contributed by atoms with E-state index < -0.39 is 0 Å². The summed E-state index contributed by atoms with van der Waals surface area (Å²) in [6.07, 6.45) is 3.91. The Morgan fingerprint density at radius 3 is 2.20 bits per heavy atom. The highest BCUT2D eigenvalue weighted by molar-refractivity contribution is 6.21. The Kier molecular flexibility index (Phi) is 4.14. The Labute approximate surface area is 147 Å². The predicted molar refractivity (Wildman–Crippen MR) is 96.4 cm³/mol. The van der Waals surface area contributed by atoms with Crippen molar-refractivity contribution in [3.8, 4) is 0 Å². The molecule has 2 aromatic carbocycles. The molecule has 2 atom stereocenters. The van der Waals surface area contributed by atoms with Gasteiger partial charge in [0.25, 0.3) is 11.8 Å². The monoisotopic (exact) mass is 334 g/mol. The van der Waals surface area contributed by atoms with Crippen molar-refractivity contribution in [2.24, 2.45) is 11.7 Å². The Morgan fingerprint density at radius 1 is 0.960 bits per heavy atom. The maximum Gasteiger partial charge on any atom is 0.261 e. The molecule has 4 heteroatoms. The standard InChI is InChI=1S/C21H22N2O2/c22-13-17(12-14-9-10-15-5-1-2-6-16(15)11-14)23-20(24)18-7-3-4-8-19(18)21(23)25/h1-8,14,17H,9-13,22H2. The maximum absolute atomic E-state index is 12.7. The highest BCUT2D eigenvalue weighted by Gasteiger charge is 2.40. The average Bonchev–Trinajstić information content (AvgIpc) is 2.91. The van der Waals surface area contributed by atoms with Crippen molar-refractivity contribution in [1.82, 2.24) is 4.90 Å². The molecular formula is C21H22N2O2. The van der Waals surface area contributed by atoms with Crippen molar-refractivity contribution in [3.05, 3.63) is 70.8 Å². The SMILES string of the molecule is NCC(CC1CCc2ccccc2C1)N1C(=O)c2ccccc2C1=O. The summed E-state index contributed by atoms with van der Waals surface area (Å²) in [5.74, 6) is 0.0484. The van der Waals surface area contributed by atoms with E-state index in [1.807, 2.05) is 0 Å². The lowest BCUT2D eigenvalue weighted by Crippen LogP contribution is -2.45. The highest BCUT2D eigenvalue weighted by atomic mass is 16.2. The van der Waals surface area contributed by atoms with Crippen LogP contribution in [-0.2, 0) is 12.8 Å². The zero-order chi connectivity index (χ0) is 17.4. The van der Waals surface area contributed by atoms with E-state index in [4.69, 9.17) is 5.73 Å². The van der Waals surface area contributed by atoms with E-state index in [1.54, 1.807) is 24.3 Å². The number of carbonyl (C=O) groups is 2. The molecule has 25 heavy (non-hydrogen) atoms. The summed E-state index contributed by atoms with van der Waals surface area (Å²) in [5.41, 5.74) is 9.78.